The molecule has 0 bridgehead atoms. The first-order valence-electron chi connectivity index (χ1n) is 11.3. The average molecular weight is 401 g/mol. The number of carbonyl (C=O) groups excluding carboxylic acids is 1. The lowest BCUT2D eigenvalue weighted by atomic mass is 9.68. The van der Waals surface area contributed by atoms with Crippen LogP contribution in [-0.2, 0) is 9.53 Å². The number of rotatable bonds is 5. The molecule has 2 fully saturated rings. The summed E-state index contributed by atoms with van der Waals surface area (Å²) in [5, 5.41) is 0. The van der Waals surface area contributed by atoms with Gasteiger partial charge >= 0.3 is 12.1 Å². The van der Waals surface area contributed by atoms with E-state index in [1.165, 1.54) is 57.8 Å². The highest BCUT2D eigenvalue weighted by atomic mass is 19.4. The standard InChI is InChI=1S/C23H35F3O2/c1-2-3-16-4-6-17(7-5-16)18-8-10-19(11-9-18)20-12-14-21(15-13-20)28-22(27)23(24,25)26/h6,16,18-21H,2-5,7-15H2,1H3. The highest BCUT2D eigenvalue weighted by molar-refractivity contribution is 5.75. The fourth-order valence-corrected chi connectivity index (χ4v) is 5.81. The topological polar surface area (TPSA) is 26.3 Å². The predicted octanol–water partition coefficient (Wildman–Crippen LogP) is 6.98. The largest absolute Gasteiger partial charge is 0.490 e. The highest BCUT2D eigenvalue weighted by Gasteiger charge is 2.43. The molecule has 0 heterocycles. The average Bonchev–Trinajstić information content (AvgIpc) is 2.69. The lowest BCUT2D eigenvalue weighted by molar-refractivity contribution is -0.206. The number of allylic oxidation sites excluding steroid dienone is 2. The van der Waals surface area contributed by atoms with Gasteiger partial charge in [0.1, 0.15) is 6.10 Å². The van der Waals surface area contributed by atoms with Gasteiger partial charge in [-0.2, -0.15) is 13.2 Å². The molecule has 3 aliphatic rings. The van der Waals surface area contributed by atoms with E-state index in [-0.39, 0.29) is 0 Å². The molecule has 0 saturated heterocycles. The quantitative estimate of drug-likeness (QED) is 0.367. The van der Waals surface area contributed by atoms with Crippen LogP contribution in [0.2, 0.25) is 0 Å². The summed E-state index contributed by atoms with van der Waals surface area (Å²) < 4.78 is 41.7. The van der Waals surface area contributed by atoms with E-state index in [0.717, 1.165) is 24.7 Å². The first kappa shape index (κ1) is 21.7. The van der Waals surface area contributed by atoms with Gasteiger partial charge in [-0.25, -0.2) is 4.79 Å². The predicted molar refractivity (Wildman–Crippen MR) is 104 cm³/mol. The maximum atomic E-state index is 12.3. The third kappa shape index (κ3) is 5.76. The fourth-order valence-electron chi connectivity index (χ4n) is 5.81. The molecule has 0 N–H and O–H groups in total. The maximum absolute atomic E-state index is 12.3. The van der Waals surface area contributed by atoms with Crippen molar-refractivity contribution in [1.82, 2.24) is 0 Å². The number of esters is 1. The van der Waals surface area contributed by atoms with Crippen molar-refractivity contribution in [2.45, 2.75) is 103 Å². The van der Waals surface area contributed by atoms with Gasteiger partial charge in [0.2, 0.25) is 0 Å². The number of carbonyl (C=O) groups is 1. The van der Waals surface area contributed by atoms with Crippen molar-refractivity contribution >= 4 is 5.97 Å². The Morgan fingerprint density at radius 3 is 2.11 bits per heavy atom. The zero-order valence-corrected chi connectivity index (χ0v) is 17.1. The summed E-state index contributed by atoms with van der Waals surface area (Å²) in [6, 6.07) is 0. The summed E-state index contributed by atoms with van der Waals surface area (Å²) in [7, 11) is 0. The second kappa shape index (κ2) is 9.67. The molecule has 0 amide bonds. The van der Waals surface area contributed by atoms with E-state index in [9.17, 15) is 18.0 Å². The Hall–Kier alpha value is -1.00. The molecule has 0 spiro atoms. The number of alkyl halides is 3. The van der Waals surface area contributed by atoms with Crippen molar-refractivity contribution in [3.8, 4) is 0 Å². The molecule has 3 rings (SSSR count). The number of ether oxygens (including phenoxy) is 1. The monoisotopic (exact) mass is 400 g/mol. The molecule has 160 valence electrons. The molecule has 3 aliphatic carbocycles. The van der Waals surface area contributed by atoms with Crippen LogP contribution in [0.1, 0.15) is 90.4 Å². The first-order valence-corrected chi connectivity index (χ1v) is 11.3. The van der Waals surface area contributed by atoms with Crippen LogP contribution in [-0.4, -0.2) is 18.2 Å². The van der Waals surface area contributed by atoms with Crippen LogP contribution < -0.4 is 0 Å². The van der Waals surface area contributed by atoms with Crippen molar-refractivity contribution in [3.63, 3.8) is 0 Å². The van der Waals surface area contributed by atoms with E-state index in [4.69, 9.17) is 0 Å². The van der Waals surface area contributed by atoms with Crippen LogP contribution in [0, 0.1) is 23.7 Å². The molecule has 28 heavy (non-hydrogen) atoms. The van der Waals surface area contributed by atoms with Gasteiger partial charge in [-0.1, -0.05) is 31.4 Å². The van der Waals surface area contributed by atoms with E-state index in [1.807, 2.05) is 0 Å². The summed E-state index contributed by atoms with van der Waals surface area (Å²) in [5.74, 6) is 0.927. The van der Waals surface area contributed by atoms with Crippen molar-refractivity contribution in [3.05, 3.63) is 11.6 Å². The zero-order chi connectivity index (χ0) is 20.1. The van der Waals surface area contributed by atoms with E-state index < -0.39 is 18.2 Å². The summed E-state index contributed by atoms with van der Waals surface area (Å²) in [4.78, 5) is 11.0. The molecule has 5 heteroatoms. The molecule has 0 aromatic heterocycles. The maximum Gasteiger partial charge on any atom is 0.490 e. The van der Waals surface area contributed by atoms with Gasteiger partial charge in [-0.3, -0.25) is 0 Å². The van der Waals surface area contributed by atoms with Gasteiger partial charge in [0, 0.05) is 0 Å². The van der Waals surface area contributed by atoms with Gasteiger partial charge in [-0.15, -0.1) is 0 Å². The van der Waals surface area contributed by atoms with Crippen molar-refractivity contribution in [2.24, 2.45) is 23.7 Å². The van der Waals surface area contributed by atoms with Gasteiger partial charge in [0.25, 0.3) is 0 Å². The Morgan fingerprint density at radius 1 is 1.00 bits per heavy atom. The van der Waals surface area contributed by atoms with E-state index in [0.29, 0.717) is 24.7 Å². The Kier molecular flexibility index (Phi) is 7.49. The molecule has 0 aromatic rings. The third-order valence-electron chi connectivity index (χ3n) is 7.44. The highest BCUT2D eigenvalue weighted by Crippen LogP contribution is 2.44. The Labute approximate surface area is 167 Å². The number of halogens is 3. The van der Waals surface area contributed by atoms with Crippen LogP contribution in [0.3, 0.4) is 0 Å². The Bertz CT molecular complexity index is 539. The van der Waals surface area contributed by atoms with Crippen molar-refractivity contribution in [2.75, 3.05) is 0 Å². The van der Waals surface area contributed by atoms with Crippen LogP contribution >= 0.6 is 0 Å². The molecule has 1 unspecified atom stereocenters. The Morgan fingerprint density at radius 2 is 1.61 bits per heavy atom. The Balaban J connectivity index is 1.39. The van der Waals surface area contributed by atoms with E-state index >= 15 is 0 Å². The molecular formula is C23H35F3O2. The molecule has 1 atom stereocenters. The number of hydrogen-bond donors (Lipinski definition) is 0. The fraction of sp³-hybridized carbons (Fsp3) is 0.870. The van der Waals surface area contributed by atoms with Gasteiger partial charge in [-0.05, 0) is 94.3 Å². The van der Waals surface area contributed by atoms with Gasteiger partial charge in [0.05, 0.1) is 0 Å². The molecule has 0 radical (unpaired) electrons. The molecule has 0 aliphatic heterocycles. The van der Waals surface area contributed by atoms with Crippen LogP contribution in [0.25, 0.3) is 0 Å². The van der Waals surface area contributed by atoms with Gasteiger partial charge in [0.15, 0.2) is 0 Å². The summed E-state index contributed by atoms with van der Waals surface area (Å²) >= 11 is 0. The second-order valence-corrected chi connectivity index (χ2v) is 9.26. The van der Waals surface area contributed by atoms with E-state index in [1.54, 1.807) is 5.57 Å². The summed E-state index contributed by atoms with van der Waals surface area (Å²) in [6.45, 7) is 2.27. The lowest BCUT2D eigenvalue weighted by Gasteiger charge is -2.39. The zero-order valence-electron chi connectivity index (χ0n) is 17.1. The minimum atomic E-state index is -4.88. The lowest BCUT2D eigenvalue weighted by Crippen LogP contribution is -2.34. The van der Waals surface area contributed by atoms with Crippen LogP contribution in [0.5, 0.6) is 0 Å². The first-order chi connectivity index (χ1) is 13.4. The van der Waals surface area contributed by atoms with E-state index in [2.05, 4.69) is 17.7 Å². The molecule has 2 nitrogen and oxygen atoms in total. The minimum absolute atomic E-state index is 0.551. The molecule has 2 saturated carbocycles. The van der Waals surface area contributed by atoms with Crippen molar-refractivity contribution in [1.29, 1.82) is 0 Å². The normalized spacial score (nSPS) is 34.6. The van der Waals surface area contributed by atoms with Gasteiger partial charge < -0.3 is 4.74 Å². The van der Waals surface area contributed by atoms with Crippen molar-refractivity contribution < 1.29 is 22.7 Å². The smallest absolute Gasteiger partial charge is 0.456 e. The number of hydrogen-bond acceptors (Lipinski definition) is 2. The third-order valence-corrected chi connectivity index (χ3v) is 7.44. The summed E-state index contributed by atoms with van der Waals surface area (Å²) in [6.07, 6.45) is 11.7. The molecular weight excluding hydrogens is 365 g/mol. The summed E-state index contributed by atoms with van der Waals surface area (Å²) in [5.41, 5.74) is 1.70. The second-order valence-electron chi connectivity index (χ2n) is 9.26. The van der Waals surface area contributed by atoms with Crippen LogP contribution in [0.15, 0.2) is 11.6 Å². The molecule has 0 aromatic carbocycles. The van der Waals surface area contributed by atoms with Crippen LogP contribution in [0.4, 0.5) is 13.2 Å². The minimum Gasteiger partial charge on any atom is -0.456 e. The SMILES string of the molecule is CCCC1CC=C(C2CCC(C3CCC(OC(=O)C(F)(F)F)CC3)CC2)CC1.